The van der Waals surface area contributed by atoms with E-state index in [1.54, 1.807) is 17.2 Å². The molecule has 2 aromatic heterocycles. The molecule has 30 heavy (non-hydrogen) atoms. The van der Waals surface area contributed by atoms with E-state index in [0.29, 0.717) is 24.7 Å². The van der Waals surface area contributed by atoms with E-state index >= 15 is 0 Å². The number of aromatic nitrogens is 6. The fourth-order valence-electron chi connectivity index (χ4n) is 3.46. The van der Waals surface area contributed by atoms with E-state index in [-0.39, 0.29) is 11.9 Å². The van der Waals surface area contributed by atoms with Crippen LogP contribution in [0.3, 0.4) is 0 Å². The lowest BCUT2D eigenvalue weighted by molar-refractivity contribution is -0.114. The first-order chi connectivity index (χ1) is 14.5. The minimum Gasteiger partial charge on any atom is -0.320 e. The molecule has 0 saturated carbocycles. The van der Waals surface area contributed by atoms with Crippen LogP contribution in [0.5, 0.6) is 0 Å². The van der Waals surface area contributed by atoms with Gasteiger partial charge in [0.1, 0.15) is 0 Å². The highest BCUT2D eigenvalue weighted by Crippen LogP contribution is 2.21. The Hall–Kier alpha value is -3.60. The maximum absolute atomic E-state index is 12.6. The number of hydrogen-bond acceptors (Lipinski definition) is 7. The molecule has 1 aliphatic heterocycles. The van der Waals surface area contributed by atoms with Crippen LogP contribution in [0, 0.1) is 6.92 Å². The molecule has 0 atom stereocenters. The Morgan fingerprint density at radius 1 is 1.17 bits per heavy atom. The second-order valence-corrected chi connectivity index (χ2v) is 7.26. The van der Waals surface area contributed by atoms with Gasteiger partial charge in [-0.1, -0.05) is 12.1 Å². The molecule has 3 heterocycles. The monoisotopic (exact) mass is 409 g/mol. The van der Waals surface area contributed by atoms with Gasteiger partial charge in [-0.3, -0.25) is 9.69 Å². The Labute approximate surface area is 173 Å². The van der Waals surface area contributed by atoms with Gasteiger partial charge in [-0.05, 0) is 29.3 Å². The maximum atomic E-state index is 12.6. The van der Waals surface area contributed by atoms with Gasteiger partial charge in [0.25, 0.3) is 0 Å². The fourth-order valence-corrected chi connectivity index (χ4v) is 3.46. The van der Waals surface area contributed by atoms with E-state index in [2.05, 4.69) is 54.1 Å². The number of rotatable bonds is 4. The summed E-state index contributed by atoms with van der Waals surface area (Å²) in [4.78, 5) is 27.8. The number of aromatic amines is 1. The summed E-state index contributed by atoms with van der Waals surface area (Å²) in [6.45, 7) is 6.94. The van der Waals surface area contributed by atoms with Crippen LogP contribution in [-0.4, -0.2) is 78.3 Å². The van der Waals surface area contributed by atoms with Crippen molar-refractivity contribution in [1.29, 1.82) is 0 Å². The molecule has 0 spiro atoms. The van der Waals surface area contributed by atoms with Crippen LogP contribution in [0.4, 0.5) is 10.6 Å². The van der Waals surface area contributed by atoms with Crippen molar-refractivity contribution in [1.82, 2.24) is 40.2 Å². The van der Waals surface area contributed by atoms with Gasteiger partial charge in [-0.15, -0.1) is 15.3 Å². The van der Waals surface area contributed by atoms with Gasteiger partial charge in [0.15, 0.2) is 5.82 Å². The molecular weight excluding hydrogens is 386 g/mol. The Balaban J connectivity index is 1.35. The third-order valence-corrected chi connectivity index (χ3v) is 5.03. The highest BCUT2D eigenvalue weighted by Gasteiger charge is 2.23. The fraction of sp³-hybridized carbons (Fsp3) is 0.368. The van der Waals surface area contributed by atoms with Crippen LogP contribution in [-0.2, 0) is 11.3 Å². The van der Waals surface area contributed by atoms with E-state index in [4.69, 9.17) is 0 Å². The van der Waals surface area contributed by atoms with E-state index < -0.39 is 0 Å². The number of carbonyl (C=O) groups is 2. The zero-order chi connectivity index (χ0) is 21.1. The molecule has 1 aliphatic rings. The number of H-pyrrole nitrogens is 1. The molecule has 0 unspecified atom stereocenters. The normalized spacial score (nSPS) is 14.7. The summed E-state index contributed by atoms with van der Waals surface area (Å²) in [5.41, 5.74) is 3.21. The number of tetrazole rings is 1. The van der Waals surface area contributed by atoms with Crippen molar-refractivity contribution < 1.29 is 9.59 Å². The molecule has 2 amide bonds. The molecule has 4 rings (SSSR count). The number of nitrogens with zero attached hydrogens (tertiary/aromatic N) is 7. The summed E-state index contributed by atoms with van der Waals surface area (Å²) in [7, 11) is 0. The van der Waals surface area contributed by atoms with E-state index in [1.165, 1.54) is 11.6 Å². The molecule has 1 fully saturated rings. The quantitative estimate of drug-likeness (QED) is 0.661. The van der Waals surface area contributed by atoms with Crippen molar-refractivity contribution >= 4 is 17.8 Å². The van der Waals surface area contributed by atoms with Gasteiger partial charge in [0, 0.05) is 57.5 Å². The predicted molar refractivity (Wildman–Crippen MR) is 109 cm³/mol. The van der Waals surface area contributed by atoms with Crippen molar-refractivity contribution in [2.24, 2.45) is 0 Å². The number of benzene rings is 1. The number of amides is 2. The summed E-state index contributed by atoms with van der Waals surface area (Å²) >= 11 is 0. The lowest BCUT2D eigenvalue weighted by atomic mass is 10.0. The van der Waals surface area contributed by atoms with Gasteiger partial charge in [-0.2, -0.15) is 9.90 Å². The van der Waals surface area contributed by atoms with Crippen molar-refractivity contribution in [3.8, 4) is 11.4 Å². The van der Waals surface area contributed by atoms with Crippen LogP contribution >= 0.6 is 0 Å². The van der Waals surface area contributed by atoms with Crippen molar-refractivity contribution in [3.63, 3.8) is 0 Å². The van der Waals surface area contributed by atoms with Crippen molar-refractivity contribution in [2.75, 3.05) is 31.5 Å². The van der Waals surface area contributed by atoms with E-state index in [0.717, 1.165) is 36.3 Å². The number of piperazine rings is 1. The van der Waals surface area contributed by atoms with Crippen molar-refractivity contribution in [2.45, 2.75) is 20.4 Å². The molecule has 2 N–H and O–H groups in total. The highest BCUT2D eigenvalue weighted by molar-refractivity contribution is 5.88. The number of hydrogen-bond donors (Lipinski definition) is 2. The van der Waals surface area contributed by atoms with E-state index in [1.807, 2.05) is 6.92 Å². The number of carbonyl (C=O) groups excluding carboxylic acids is 2. The molecule has 156 valence electrons. The van der Waals surface area contributed by atoms with Gasteiger partial charge in [0.05, 0.1) is 0 Å². The zero-order valence-electron chi connectivity index (χ0n) is 16.9. The summed E-state index contributed by atoms with van der Waals surface area (Å²) in [6, 6.07) is 7.66. The Bertz CT molecular complexity index is 1040. The van der Waals surface area contributed by atoms with Gasteiger partial charge in [-0.25, -0.2) is 4.79 Å². The standard InChI is InChI=1S/C19H23N9O2/c1-13-3-4-15(11-16(13)18-21-24-25-22-18)12-26-7-9-27(10-8-26)19(30)28-6-5-17(23-28)20-14(2)29/h3-6,11H,7-10,12H2,1-2H3,(H,20,23,29)(H,21,22,24,25). The van der Waals surface area contributed by atoms with E-state index in [9.17, 15) is 9.59 Å². The zero-order valence-corrected chi connectivity index (χ0v) is 16.9. The molecule has 1 saturated heterocycles. The smallest absolute Gasteiger partial charge is 0.320 e. The Morgan fingerprint density at radius 3 is 2.67 bits per heavy atom. The lowest BCUT2D eigenvalue weighted by Gasteiger charge is -2.34. The first-order valence-electron chi connectivity index (χ1n) is 9.68. The summed E-state index contributed by atoms with van der Waals surface area (Å²) in [5, 5.41) is 21.0. The second kappa shape index (κ2) is 8.41. The van der Waals surface area contributed by atoms with Gasteiger partial charge >= 0.3 is 6.03 Å². The minimum absolute atomic E-state index is 0.194. The first kappa shape index (κ1) is 19.7. The highest BCUT2D eigenvalue weighted by atomic mass is 16.2. The second-order valence-electron chi connectivity index (χ2n) is 7.26. The average molecular weight is 409 g/mol. The van der Waals surface area contributed by atoms with Crippen LogP contribution in [0.2, 0.25) is 0 Å². The predicted octanol–water partition coefficient (Wildman–Crippen LogP) is 1.12. The Kier molecular flexibility index (Phi) is 5.53. The number of aryl methyl sites for hydroxylation is 1. The maximum Gasteiger partial charge on any atom is 0.344 e. The van der Waals surface area contributed by atoms with Crippen LogP contribution in [0.25, 0.3) is 11.4 Å². The van der Waals surface area contributed by atoms with Crippen LogP contribution in [0.15, 0.2) is 30.5 Å². The van der Waals surface area contributed by atoms with Crippen LogP contribution in [0.1, 0.15) is 18.1 Å². The molecule has 3 aromatic rings. The molecule has 11 nitrogen and oxygen atoms in total. The Morgan fingerprint density at radius 2 is 1.97 bits per heavy atom. The third-order valence-electron chi connectivity index (χ3n) is 5.03. The first-order valence-corrected chi connectivity index (χ1v) is 9.68. The molecule has 0 aliphatic carbocycles. The molecule has 0 radical (unpaired) electrons. The summed E-state index contributed by atoms with van der Waals surface area (Å²) < 4.78 is 1.26. The molecular formula is C19H23N9O2. The van der Waals surface area contributed by atoms with Crippen LogP contribution < -0.4 is 5.32 Å². The molecule has 0 bridgehead atoms. The summed E-state index contributed by atoms with van der Waals surface area (Å²) in [6.07, 6.45) is 1.56. The third kappa shape index (κ3) is 4.35. The molecule has 11 heteroatoms. The van der Waals surface area contributed by atoms with Gasteiger partial charge in [0.2, 0.25) is 11.7 Å². The number of anilines is 1. The van der Waals surface area contributed by atoms with Crippen molar-refractivity contribution in [3.05, 3.63) is 41.6 Å². The average Bonchev–Trinajstić information content (AvgIpc) is 3.41. The minimum atomic E-state index is -0.222. The molecule has 1 aromatic carbocycles. The lowest BCUT2D eigenvalue weighted by Crippen LogP contribution is -2.49. The topological polar surface area (TPSA) is 125 Å². The summed E-state index contributed by atoms with van der Waals surface area (Å²) in [5.74, 6) is 0.730. The SMILES string of the molecule is CC(=O)Nc1ccn(C(=O)N2CCN(Cc3ccc(C)c(-c4nn[nH]n4)c3)CC2)n1. The largest absolute Gasteiger partial charge is 0.344 e. The number of nitrogens with one attached hydrogen (secondary N) is 2. The van der Waals surface area contributed by atoms with Gasteiger partial charge < -0.3 is 10.2 Å².